The molecule has 3 aromatic carbocycles. The highest BCUT2D eigenvalue weighted by Gasteiger charge is 2.18. The van der Waals surface area contributed by atoms with Gasteiger partial charge in [-0.05, 0) is 92.1 Å². The summed E-state index contributed by atoms with van der Waals surface area (Å²) in [6, 6.07) is 17.5. The summed E-state index contributed by atoms with van der Waals surface area (Å²) in [5.74, 6) is -0.316. The van der Waals surface area contributed by atoms with Gasteiger partial charge in [-0.1, -0.05) is 17.7 Å². The fourth-order valence-electron chi connectivity index (χ4n) is 3.44. The average Bonchev–Trinajstić information content (AvgIpc) is 2.79. The Hall–Kier alpha value is -3.08. The number of nitrogens with one attached hydrogen (secondary N) is 2. The van der Waals surface area contributed by atoms with Gasteiger partial charge in [0.25, 0.3) is 10.0 Å². The Morgan fingerprint density at radius 1 is 0.861 bits per heavy atom. The Labute approximate surface area is 217 Å². The summed E-state index contributed by atoms with van der Waals surface area (Å²) >= 11 is 5.88. The van der Waals surface area contributed by atoms with Crippen LogP contribution in [0.3, 0.4) is 0 Å². The van der Waals surface area contributed by atoms with Crippen molar-refractivity contribution in [1.29, 1.82) is 0 Å². The molecule has 0 aromatic heterocycles. The SMILES string of the molecule is Cc1ccc(NS(=O)(=O)c2ccc(NC(=O)CCCN(c3ccc(Cl)cc3)S(C)(=O)=O)cc2)cc1C. The Morgan fingerprint density at radius 3 is 2.06 bits per heavy atom. The molecule has 1 amide bonds. The molecule has 2 N–H and O–H groups in total. The van der Waals surface area contributed by atoms with Crippen molar-refractivity contribution in [2.24, 2.45) is 0 Å². The monoisotopic (exact) mass is 549 g/mol. The average molecular weight is 550 g/mol. The van der Waals surface area contributed by atoms with E-state index in [4.69, 9.17) is 11.6 Å². The number of halogens is 1. The number of carbonyl (C=O) groups excluding carboxylic acids is 1. The lowest BCUT2D eigenvalue weighted by Gasteiger charge is -2.22. The van der Waals surface area contributed by atoms with Crippen molar-refractivity contribution in [1.82, 2.24) is 0 Å². The zero-order chi connectivity index (χ0) is 26.5. The lowest BCUT2D eigenvalue weighted by Crippen LogP contribution is -2.31. The lowest BCUT2D eigenvalue weighted by atomic mass is 10.1. The third-order valence-corrected chi connectivity index (χ3v) is 8.33. The minimum Gasteiger partial charge on any atom is -0.326 e. The number of benzene rings is 3. The Morgan fingerprint density at radius 2 is 1.47 bits per heavy atom. The largest absolute Gasteiger partial charge is 0.326 e. The van der Waals surface area contributed by atoms with E-state index in [1.54, 1.807) is 36.4 Å². The third-order valence-electron chi connectivity index (χ3n) is 5.49. The minimum absolute atomic E-state index is 0.0606. The van der Waals surface area contributed by atoms with E-state index in [0.29, 0.717) is 22.1 Å². The fraction of sp³-hybridized carbons (Fsp3) is 0.240. The molecule has 0 bridgehead atoms. The number of rotatable bonds is 10. The summed E-state index contributed by atoms with van der Waals surface area (Å²) in [6.07, 6.45) is 1.47. The molecule has 3 aromatic rings. The number of nitrogens with zero attached hydrogens (tertiary/aromatic N) is 1. The number of aryl methyl sites for hydroxylation is 2. The number of sulfonamides is 2. The molecule has 3 rings (SSSR count). The molecule has 0 atom stereocenters. The highest BCUT2D eigenvalue weighted by molar-refractivity contribution is 7.92. The molecule has 36 heavy (non-hydrogen) atoms. The summed E-state index contributed by atoms with van der Waals surface area (Å²) in [5.41, 5.74) is 3.40. The van der Waals surface area contributed by atoms with Crippen molar-refractivity contribution in [3.05, 3.63) is 82.9 Å². The van der Waals surface area contributed by atoms with Gasteiger partial charge in [0.2, 0.25) is 15.9 Å². The quantitative estimate of drug-likeness (QED) is 0.372. The number of hydrogen-bond acceptors (Lipinski definition) is 5. The van der Waals surface area contributed by atoms with Crippen molar-refractivity contribution in [2.45, 2.75) is 31.6 Å². The topological polar surface area (TPSA) is 113 Å². The highest BCUT2D eigenvalue weighted by Crippen LogP contribution is 2.22. The van der Waals surface area contributed by atoms with Crippen molar-refractivity contribution >= 4 is 54.6 Å². The second kappa shape index (κ2) is 11.3. The van der Waals surface area contributed by atoms with Gasteiger partial charge in [0.1, 0.15) is 0 Å². The lowest BCUT2D eigenvalue weighted by molar-refractivity contribution is -0.116. The van der Waals surface area contributed by atoms with Crippen LogP contribution < -0.4 is 14.3 Å². The van der Waals surface area contributed by atoms with Gasteiger partial charge in [-0.15, -0.1) is 0 Å². The van der Waals surface area contributed by atoms with E-state index >= 15 is 0 Å². The molecule has 0 aliphatic heterocycles. The molecule has 0 saturated heterocycles. The molecular weight excluding hydrogens is 522 g/mol. The maximum absolute atomic E-state index is 12.7. The zero-order valence-corrected chi connectivity index (χ0v) is 22.5. The van der Waals surface area contributed by atoms with Crippen LogP contribution in [0, 0.1) is 13.8 Å². The van der Waals surface area contributed by atoms with E-state index in [2.05, 4.69) is 10.0 Å². The second-order valence-electron chi connectivity index (χ2n) is 8.39. The van der Waals surface area contributed by atoms with Crippen LogP contribution in [0.15, 0.2) is 71.6 Å². The molecular formula is C25H28ClN3O5S2. The minimum atomic E-state index is -3.79. The van der Waals surface area contributed by atoms with Gasteiger partial charge >= 0.3 is 0 Å². The third kappa shape index (κ3) is 7.46. The van der Waals surface area contributed by atoms with Crippen LogP contribution in [0.4, 0.5) is 17.1 Å². The standard InChI is InChI=1S/C25H28ClN3O5S2/c1-18-6-9-22(17-19(18)2)28-36(33,34)24-14-10-21(11-15-24)27-25(30)5-4-16-29(35(3,31)32)23-12-7-20(26)8-13-23/h6-15,17,28H,4-5,16H2,1-3H3,(H,27,30). The van der Waals surface area contributed by atoms with E-state index in [9.17, 15) is 21.6 Å². The van der Waals surface area contributed by atoms with Crippen molar-refractivity contribution < 1.29 is 21.6 Å². The van der Waals surface area contributed by atoms with Gasteiger partial charge in [-0.25, -0.2) is 16.8 Å². The van der Waals surface area contributed by atoms with Crippen LogP contribution in [0.2, 0.25) is 5.02 Å². The van der Waals surface area contributed by atoms with Crippen LogP contribution in [-0.4, -0.2) is 35.5 Å². The molecule has 0 unspecified atom stereocenters. The molecule has 0 radical (unpaired) electrons. The summed E-state index contributed by atoms with van der Waals surface area (Å²) in [5, 5.41) is 3.20. The maximum Gasteiger partial charge on any atom is 0.261 e. The first-order valence-corrected chi connectivity index (χ1v) is 14.8. The van der Waals surface area contributed by atoms with Crippen LogP contribution in [0.1, 0.15) is 24.0 Å². The van der Waals surface area contributed by atoms with E-state index in [1.807, 2.05) is 19.9 Å². The molecule has 11 heteroatoms. The first kappa shape index (κ1) is 27.5. The highest BCUT2D eigenvalue weighted by atomic mass is 35.5. The Balaban J connectivity index is 1.57. The molecule has 0 saturated carbocycles. The van der Waals surface area contributed by atoms with E-state index in [-0.39, 0.29) is 30.2 Å². The summed E-state index contributed by atoms with van der Waals surface area (Å²) in [6.45, 7) is 3.97. The van der Waals surface area contributed by atoms with Gasteiger partial charge in [-0.2, -0.15) is 0 Å². The number of amides is 1. The number of anilines is 3. The Bertz CT molecular complexity index is 1440. The second-order valence-corrected chi connectivity index (χ2v) is 12.4. The molecule has 0 aliphatic rings. The number of carbonyl (C=O) groups is 1. The van der Waals surface area contributed by atoms with Crippen LogP contribution >= 0.6 is 11.6 Å². The fourth-order valence-corrected chi connectivity index (χ4v) is 5.58. The van der Waals surface area contributed by atoms with E-state index in [1.165, 1.54) is 28.6 Å². The predicted molar refractivity (Wildman–Crippen MR) is 145 cm³/mol. The van der Waals surface area contributed by atoms with E-state index in [0.717, 1.165) is 17.4 Å². The zero-order valence-electron chi connectivity index (χ0n) is 20.2. The Kier molecular flexibility index (Phi) is 8.65. The molecule has 192 valence electrons. The normalized spacial score (nSPS) is 11.7. The van der Waals surface area contributed by atoms with Crippen molar-refractivity contribution in [3.63, 3.8) is 0 Å². The smallest absolute Gasteiger partial charge is 0.261 e. The molecule has 8 nitrogen and oxygen atoms in total. The van der Waals surface area contributed by atoms with Gasteiger partial charge in [0.15, 0.2) is 0 Å². The van der Waals surface area contributed by atoms with Crippen LogP contribution in [-0.2, 0) is 24.8 Å². The molecule has 0 aliphatic carbocycles. The van der Waals surface area contributed by atoms with Gasteiger partial charge in [-0.3, -0.25) is 13.8 Å². The number of hydrogen-bond donors (Lipinski definition) is 2. The van der Waals surface area contributed by atoms with Gasteiger partial charge in [0.05, 0.1) is 16.8 Å². The molecule has 0 heterocycles. The van der Waals surface area contributed by atoms with Crippen molar-refractivity contribution in [2.75, 3.05) is 27.1 Å². The van der Waals surface area contributed by atoms with Gasteiger partial charge in [0, 0.05) is 29.4 Å². The first-order valence-electron chi connectivity index (χ1n) is 11.1. The summed E-state index contributed by atoms with van der Waals surface area (Å²) in [7, 11) is -7.33. The first-order chi connectivity index (χ1) is 16.8. The predicted octanol–water partition coefficient (Wildman–Crippen LogP) is 4.94. The van der Waals surface area contributed by atoms with Crippen molar-refractivity contribution in [3.8, 4) is 0 Å². The molecule has 0 spiro atoms. The molecule has 0 fully saturated rings. The van der Waals surface area contributed by atoms with Crippen LogP contribution in [0.5, 0.6) is 0 Å². The summed E-state index contributed by atoms with van der Waals surface area (Å²) < 4.78 is 53.5. The maximum atomic E-state index is 12.7. The summed E-state index contributed by atoms with van der Waals surface area (Å²) in [4.78, 5) is 12.4. The van der Waals surface area contributed by atoms with Crippen LogP contribution in [0.25, 0.3) is 0 Å². The van der Waals surface area contributed by atoms with Gasteiger partial charge < -0.3 is 5.32 Å². The van der Waals surface area contributed by atoms with E-state index < -0.39 is 20.0 Å².